The molecule has 0 atom stereocenters. The molecule has 0 radical (unpaired) electrons. The molecule has 0 aliphatic heterocycles. The average molecular weight is 264 g/mol. The molecule has 2 heterocycles. The number of anilines is 1. The molecular weight excluding hydrogens is 248 g/mol. The van der Waals surface area contributed by atoms with E-state index in [1.54, 1.807) is 25.4 Å². The van der Waals surface area contributed by atoms with E-state index in [-0.39, 0.29) is 0 Å². The molecule has 2 rings (SSSR count). The Hall–Kier alpha value is -1.99. The van der Waals surface area contributed by atoms with Gasteiger partial charge in [0, 0.05) is 19.7 Å². The van der Waals surface area contributed by atoms with Gasteiger partial charge in [0.1, 0.15) is 5.82 Å². The summed E-state index contributed by atoms with van der Waals surface area (Å²) in [5, 5.41) is 3.88. The molecule has 0 unspecified atom stereocenters. The lowest BCUT2D eigenvalue weighted by Gasteiger charge is -2.00. The lowest BCUT2D eigenvalue weighted by Crippen LogP contribution is -2.05. The van der Waals surface area contributed by atoms with E-state index in [2.05, 4.69) is 15.1 Å². The summed E-state index contributed by atoms with van der Waals surface area (Å²) in [5.41, 5.74) is 6.25. The molecule has 0 saturated heterocycles. The van der Waals surface area contributed by atoms with Crippen LogP contribution >= 0.6 is 0 Å². The highest BCUT2D eigenvalue weighted by Crippen LogP contribution is 2.16. The molecule has 0 amide bonds. The second kappa shape index (κ2) is 6.81. The van der Waals surface area contributed by atoms with E-state index in [0.29, 0.717) is 43.8 Å². The van der Waals surface area contributed by atoms with Gasteiger partial charge in [-0.25, -0.2) is 4.98 Å². The summed E-state index contributed by atoms with van der Waals surface area (Å²) in [5.74, 6) is 1.48. The Morgan fingerprint density at radius 1 is 1.26 bits per heavy atom. The van der Waals surface area contributed by atoms with Gasteiger partial charge in [-0.15, -0.1) is 0 Å². The first-order valence-electron chi connectivity index (χ1n) is 5.91. The molecular formula is C12H16N4O3. The summed E-state index contributed by atoms with van der Waals surface area (Å²) in [7, 11) is 1.63. The third-order valence-corrected chi connectivity index (χ3v) is 2.40. The summed E-state index contributed by atoms with van der Waals surface area (Å²) in [6.07, 6.45) is 2.19. The molecule has 2 N–H and O–H groups in total. The van der Waals surface area contributed by atoms with Gasteiger partial charge in [-0.1, -0.05) is 5.16 Å². The second-order valence-corrected chi connectivity index (χ2v) is 3.84. The maximum atomic E-state index is 5.51. The molecule has 0 aromatic carbocycles. The Kier molecular flexibility index (Phi) is 4.82. The zero-order chi connectivity index (χ0) is 13.5. The molecule has 7 nitrogen and oxygen atoms in total. The summed E-state index contributed by atoms with van der Waals surface area (Å²) in [6.45, 7) is 1.67. The van der Waals surface area contributed by atoms with Crippen LogP contribution in [0.3, 0.4) is 0 Å². The highest BCUT2D eigenvalue weighted by Gasteiger charge is 2.08. The molecule has 0 aliphatic rings. The quantitative estimate of drug-likeness (QED) is 0.742. The standard InChI is InChI=1S/C12H16N4O3/c1-17-6-7-18-5-4-11-15-12(19-16-11)9-2-3-10(13)14-8-9/h2-3,8H,4-7H2,1H3,(H2,13,14). The van der Waals surface area contributed by atoms with Crippen molar-refractivity contribution < 1.29 is 14.0 Å². The van der Waals surface area contributed by atoms with Crippen LogP contribution in [-0.2, 0) is 15.9 Å². The number of pyridine rings is 1. The third kappa shape index (κ3) is 4.01. The Balaban J connectivity index is 1.86. The normalized spacial score (nSPS) is 10.8. The van der Waals surface area contributed by atoms with E-state index in [1.807, 2.05) is 0 Å². The van der Waals surface area contributed by atoms with Gasteiger partial charge in [-0.05, 0) is 12.1 Å². The van der Waals surface area contributed by atoms with Gasteiger partial charge in [0.25, 0.3) is 5.89 Å². The van der Waals surface area contributed by atoms with Gasteiger partial charge in [-0.3, -0.25) is 0 Å². The molecule has 19 heavy (non-hydrogen) atoms. The van der Waals surface area contributed by atoms with Gasteiger partial charge in [-0.2, -0.15) is 4.98 Å². The Morgan fingerprint density at radius 3 is 2.89 bits per heavy atom. The van der Waals surface area contributed by atoms with Crippen molar-refractivity contribution in [2.75, 3.05) is 32.7 Å². The van der Waals surface area contributed by atoms with Crippen LogP contribution in [-0.4, -0.2) is 42.1 Å². The molecule has 0 aliphatic carbocycles. The first-order valence-corrected chi connectivity index (χ1v) is 5.91. The van der Waals surface area contributed by atoms with E-state index in [9.17, 15) is 0 Å². The molecule has 0 fully saturated rings. The first-order chi connectivity index (χ1) is 9.29. The lowest BCUT2D eigenvalue weighted by molar-refractivity contribution is 0.0714. The minimum Gasteiger partial charge on any atom is -0.384 e. The third-order valence-electron chi connectivity index (χ3n) is 2.40. The predicted molar refractivity (Wildman–Crippen MR) is 68.3 cm³/mol. The van der Waals surface area contributed by atoms with Crippen LogP contribution in [0, 0.1) is 0 Å². The number of aromatic nitrogens is 3. The maximum absolute atomic E-state index is 5.51. The smallest absolute Gasteiger partial charge is 0.259 e. The van der Waals surface area contributed by atoms with Crippen LogP contribution in [0.4, 0.5) is 5.82 Å². The molecule has 102 valence electrons. The molecule has 2 aromatic rings. The van der Waals surface area contributed by atoms with Gasteiger partial charge in [0.2, 0.25) is 0 Å². The monoisotopic (exact) mass is 264 g/mol. The van der Waals surface area contributed by atoms with E-state index >= 15 is 0 Å². The number of nitrogens with zero attached hydrogens (tertiary/aromatic N) is 3. The van der Waals surface area contributed by atoms with Crippen molar-refractivity contribution in [1.29, 1.82) is 0 Å². The number of hydrogen-bond donors (Lipinski definition) is 1. The van der Waals surface area contributed by atoms with E-state index in [0.717, 1.165) is 5.56 Å². The summed E-state index contributed by atoms with van der Waals surface area (Å²) < 4.78 is 15.4. The van der Waals surface area contributed by atoms with E-state index in [1.165, 1.54) is 0 Å². The highest BCUT2D eigenvalue weighted by molar-refractivity contribution is 5.53. The van der Waals surface area contributed by atoms with Gasteiger partial charge >= 0.3 is 0 Å². The highest BCUT2D eigenvalue weighted by atomic mass is 16.5. The number of methoxy groups -OCH3 is 1. The van der Waals surface area contributed by atoms with Crippen LogP contribution in [0.2, 0.25) is 0 Å². The number of hydrogen-bond acceptors (Lipinski definition) is 7. The number of nitrogen functional groups attached to an aromatic ring is 1. The molecule has 2 aromatic heterocycles. The summed E-state index contributed by atoms with van der Waals surface area (Å²) in [6, 6.07) is 3.47. The minimum absolute atomic E-state index is 0.430. The topological polar surface area (TPSA) is 96.3 Å². The van der Waals surface area contributed by atoms with Crippen molar-refractivity contribution >= 4 is 5.82 Å². The number of nitrogens with two attached hydrogens (primary N) is 1. The summed E-state index contributed by atoms with van der Waals surface area (Å²) >= 11 is 0. The van der Waals surface area contributed by atoms with Crippen molar-refractivity contribution in [3.8, 4) is 11.5 Å². The fourth-order valence-electron chi connectivity index (χ4n) is 1.41. The van der Waals surface area contributed by atoms with Crippen molar-refractivity contribution in [3.05, 3.63) is 24.2 Å². The zero-order valence-electron chi connectivity index (χ0n) is 10.7. The van der Waals surface area contributed by atoms with Crippen LogP contribution < -0.4 is 5.73 Å². The van der Waals surface area contributed by atoms with Crippen LogP contribution in [0.15, 0.2) is 22.9 Å². The predicted octanol–water partition coefficient (Wildman–Crippen LogP) is 0.919. The Labute approximate surface area is 110 Å². The van der Waals surface area contributed by atoms with Crippen molar-refractivity contribution in [2.45, 2.75) is 6.42 Å². The van der Waals surface area contributed by atoms with Crippen molar-refractivity contribution in [2.24, 2.45) is 0 Å². The number of ether oxygens (including phenoxy) is 2. The van der Waals surface area contributed by atoms with Gasteiger partial charge in [0.15, 0.2) is 5.82 Å². The van der Waals surface area contributed by atoms with E-state index in [4.69, 9.17) is 19.7 Å². The average Bonchev–Trinajstić information content (AvgIpc) is 2.88. The second-order valence-electron chi connectivity index (χ2n) is 3.84. The Bertz CT molecular complexity index is 498. The van der Waals surface area contributed by atoms with Crippen LogP contribution in [0.1, 0.15) is 5.82 Å². The summed E-state index contributed by atoms with van der Waals surface area (Å²) in [4.78, 5) is 8.23. The maximum Gasteiger partial charge on any atom is 0.259 e. The van der Waals surface area contributed by atoms with E-state index < -0.39 is 0 Å². The fourth-order valence-corrected chi connectivity index (χ4v) is 1.41. The van der Waals surface area contributed by atoms with Gasteiger partial charge in [0.05, 0.1) is 25.4 Å². The van der Waals surface area contributed by atoms with Crippen molar-refractivity contribution in [1.82, 2.24) is 15.1 Å². The van der Waals surface area contributed by atoms with Gasteiger partial charge < -0.3 is 19.7 Å². The fraction of sp³-hybridized carbons (Fsp3) is 0.417. The van der Waals surface area contributed by atoms with Crippen LogP contribution in [0.5, 0.6) is 0 Å². The van der Waals surface area contributed by atoms with Crippen LogP contribution in [0.25, 0.3) is 11.5 Å². The molecule has 0 spiro atoms. The molecule has 0 saturated carbocycles. The number of rotatable bonds is 7. The largest absolute Gasteiger partial charge is 0.384 e. The van der Waals surface area contributed by atoms with Crippen molar-refractivity contribution in [3.63, 3.8) is 0 Å². The molecule has 7 heteroatoms. The lowest BCUT2D eigenvalue weighted by atomic mass is 10.3. The SMILES string of the molecule is COCCOCCc1noc(-c2ccc(N)nc2)n1. The first kappa shape index (κ1) is 13.4. The molecule has 0 bridgehead atoms. The Morgan fingerprint density at radius 2 is 2.16 bits per heavy atom. The minimum atomic E-state index is 0.430. The zero-order valence-corrected chi connectivity index (χ0v) is 10.7.